The minimum atomic E-state index is -0.901. The molecule has 0 spiro atoms. The molecule has 0 aliphatic carbocycles. The first-order valence-electron chi connectivity index (χ1n) is 13.3. The van der Waals surface area contributed by atoms with Gasteiger partial charge in [0.2, 0.25) is 5.43 Å². The van der Waals surface area contributed by atoms with Gasteiger partial charge in [-0.3, -0.25) is 19.3 Å². The molecule has 0 N–H and O–H groups in total. The van der Waals surface area contributed by atoms with E-state index in [9.17, 15) is 14.0 Å². The fraction of sp³-hybridized carbons (Fsp3) is 0.379. The lowest BCUT2D eigenvalue weighted by molar-refractivity contribution is -0.0198. The third-order valence-electron chi connectivity index (χ3n) is 7.53. The number of hydrogen-bond donors (Lipinski definition) is 0. The summed E-state index contributed by atoms with van der Waals surface area (Å²) in [4.78, 5) is 29.5. The molecule has 1 saturated heterocycles. The molecular weight excluding hydrogens is 524 g/mol. The Kier molecular flexibility index (Phi) is 7.07. The van der Waals surface area contributed by atoms with Gasteiger partial charge in [0, 0.05) is 35.0 Å². The molecule has 39 heavy (non-hydrogen) atoms. The van der Waals surface area contributed by atoms with Crippen molar-refractivity contribution in [2.24, 2.45) is 0 Å². The molecule has 3 aromatic rings. The molecule has 1 amide bonds. The number of pyridine rings is 1. The first-order chi connectivity index (χ1) is 19.0. The summed E-state index contributed by atoms with van der Waals surface area (Å²) in [5.41, 5.74) is 1.53. The smallest absolute Gasteiger partial charge is 0.278 e. The minimum absolute atomic E-state index is 0.00957. The quantitative estimate of drug-likeness (QED) is 0.407. The van der Waals surface area contributed by atoms with E-state index in [0.29, 0.717) is 25.3 Å². The molecule has 2 atom stereocenters. The van der Waals surface area contributed by atoms with Crippen molar-refractivity contribution in [3.05, 3.63) is 92.9 Å². The number of thioether (sulfide) groups is 1. The summed E-state index contributed by atoms with van der Waals surface area (Å²) in [6.07, 6.45) is 3.72. The van der Waals surface area contributed by atoms with Gasteiger partial charge >= 0.3 is 0 Å². The monoisotopic (exact) mass is 553 g/mol. The number of carbonyl (C=O) groups is 1. The maximum Gasteiger partial charge on any atom is 0.278 e. The van der Waals surface area contributed by atoms with E-state index in [2.05, 4.69) is 6.92 Å². The summed E-state index contributed by atoms with van der Waals surface area (Å²) in [5, 5.41) is 1.95. The summed E-state index contributed by atoms with van der Waals surface area (Å²) >= 11 is 1.45. The van der Waals surface area contributed by atoms with E-state index < -0.39 is 23.8 Å². The zero-order chi connectivity index (χ0) is 27.1. The number of rotatable bonds is 6. The van der Waals surface area contributed by atoms with Gasteiger partial charge in [0.1, 0.15) is 6.17 Å². The number of fused-ring (bicyclic) bond motifs is 4. The van der Waals surface area contributed by atoms with Gasteiger partial charge in [-0.2, -0.15) is 0 Å². The zero-order valence-corrected chi connectivity index (χ0v) is 22.4. The van der Waals surface area contributed by atoms with Gasteiger partial charge in [0.05, 0.1) is 25.9 Å². The number of benzene rings is 2. The lowest BCUT2D eigenvalue weighted by atomic mass is 9.93. The Bertz CT molecular complexity index is 1480. The molecule has 3 aliphatic rings. The Hall–Kier alpha value is -3.37. The first kappa shape index (κ1) is 25.9. The minimum Gasteiger partial charge on any atom is -0.487 e. The van der Waals surface area contributed by atoms with Crippen molar-refractivity contribution in [1.82, 2.24) is 9.58 Å². The van der Waals surface area contributed by atoms with Crippen LogP contribution >= 0.6 is 11.8 Å². The second-order valence-corrected chi connectivity index (χ2v) is 10.9. The topological polar surface area (TPSA) is 64.0 Å². The lowest BCUT2D eigenvalue weighted by Crippen LogP contribution is -2.66. The molecule has 0 radical (unpaired) electrons. The Labute approximate surface area is 229 Å². The van der Waals surface area contributed by atoms with Crippen molar-refractivity contribution in [1.29, 1.82) is 0 Å². The third-order valence-corrected chi connectivity index (χ3v) is 8.64. The fourth-order valence-corrected chi connectivity index (χ4v) is 6.75. The number of morpholine rings is 1. The maximum atomic E-state index is 15.3. The second-order valence-electron chi connectivity index (χ2n) is 9.85. The lowest BCUT2D eigenvalue weighted by Gasteiger charge is -2.51. The van der Waals surface area contributed by atoms with Crippen LogP contribution in [0.25, 0.3) is 0 Å². The number of hydrogen-bond acceptors (Lipinski definition) is 6. The molecule has 4 heterocycles. The molecule has 6 rings (SSSR count). The van der Waals surface area contributed by atoms with Crippen molar-refractivity contribution in [3.63, 3.8) is 0 Å². The predicted molar refractivity (Wildman–Crippen MR) is 144 cm³/mol. The number of ether oxygens (including phenoxy) is 2. The molecule has 10 heteroatoms. The standard InChI is InChI=1S/C29H29F2N3O4S/c1-2-3-6-14-38-28-22(35)11-12-33-27(28)29(36)32-13-15-37-16-24(32)34(33)26-18-9-10-21(30)25(31)20(18)17-39-23-8-5-4-7-19(23)26/h4-5,7-12,24,26H,2-3,6,13-17H2,1H3/t24-,26-/m1/s1. The Morgan fingerprint density at radius 2 is 1.92 bits per heavy atom. The summed E-state index contributed by atoms with van der Waals surface area (Å²) in [5.74, 6) is -1.82. The van der Waals surface area contributed by atoms with Crippen LogP contribution in [0.15, 0.2) is 58.4 Å². The number of carbonyl (C=O) groups excluding carboxylic acids is 1. The number of aromatic nitrogens is 1. The number of unbranched alkanes of at least 4 members (excludes halogenated alkanes) is 2. The molecule has 2 aromatic carbocycles. The number of halogens is 2. The average molecular weight is 554 g/mol. The maximum absolute atomic E-state index is 15.3. The summed E-state index contributed by atoms with van der Waals surface area (Å²) in [7, 11) is 0. The predicted octanol–water partition coefficient (Wildman–Crippen LogP) is 4.84. The fourth-order valence-electron chi connectivity index (χ4n) is 5.64. The highest BCUT2D eigenvalue weighted by molar-refractivity contribution is 7.98. The zero-order valence-electron chi connectivity index (χ0n) is 21.6. The summed E-state index contributed by atoms with van der Waals surface area (Å²) < 4.78 is 43.2. The normalized spacial score (nSPS) is 20.0. The molecule has 1 fully saturated rings. The van der Waals surface area contributed by atoms with Crippen molar-refractivity contribution in [2.45, 2.75) is 49.0 Å². The Balaban J connectivity index is 1.59. The van der Waals surface area contributed by atoms with Crippen LogP contribution < -0.4 is 15.2 Å². The van der Waals surface area contributed by atoms with E-state index in [4.69, 9.17) is 9.47 Å². The second kappa shape index (κ2) is 10.7. The molecule has 0 unspecified atom stereocenters. The highest BCUT2D eigenvalue weighted by Gasteiger charge is 2.46. The van der Waals surface area contributed by atoms with Gasteiger partial charge in [-0.05, 0) is 29.7 Å². The van der Waals surface area contributed by atoms with E-state index in [1.807, 2.05) is 29.3 Å². The van der Waals surface area contributed by atoms with Crippen LogP contribution in [0.4, 0.5) is 8.78 Å². The Morgan fingerprint density at radius 1 is 1.08 bits per heavy atom. The summed E-state index contributed by atoms with van der Waals surface area (Å²) in [6, 6.07) is 11.3. The van der Waals surface area contributed by atoms with Gasteiger partial charge in [-0.25, -0.2) is 8.78 Å². The van der Waals surface area contributed by atoms with E-state index >= 15 is 4.39 Å². The van der Waals surface area contributed by atoms with Gasteiger partial charge in [0.25, 0.3) is 5.91 Å². The van der Waals surface area contributed by atoms with Crippen LogP contribution in [0.3, 0.4) is 0 Å². The van der Waals surface area contributed by atoms with E-state index in [1.54, 1.807) is 21.8 Å². The highest BCUT2D eigenvalue weighted by atomic mass is 32.2. The van der Waals surface area contributed by atoms with Crippen molar-refractivity contribution >= 4 is 17.7 Å². The molecule has 0 bridgehead atoms. The van der Waals surface area contributed by atoms with Gasteiger partial charge in [-0.15, -0.1) is 11.8 Å². The van der Waals surface area contributed by atoms with Crippen molar-refractivity contribution in [2.75, 3.05) is 31.4 Å². The van der Waals surface area contributed by atoms with Crippen molar-refractivity contribution in [3.8, 4) is 5.75 Å². The number of amides is 1. The molecular formula is C29H29F2N3O4S. The van der Waals surface area contributed by atoms with Crippen molar-refractivity contribution < 1.29 is 23.0 Å². The van der Waals surface area contributed by atoms with Crippen LogP contribution in [0.1, 0.15) is 59.4 Å². The van der Waals surface area contributed by atoms with Gasteiger partial charge in [-0.1, -0.05) is 44.0 Å². The van der Waals surface area contributed by atoms with Crippen LogP contribution in [0, 0.1) is 11.6 Å². The number of nitrogens with zero attached hydrogens (tertiary/aromatic N) is 3. The van der Waals surface area contributed by atoms with Gasteiger partial charge in [0.15, 0.2) is 23.1 Å². The largest absolute Gasteiger partial charge is 0.487 e. The molecule has 3 aliphatic heterocycles. The van der Waals surface area contributed by atoms with E-state index in [1.165, 1.54) is 17.8 Å². The highest BCUT2D eigenvalue weighted by Crippen LogP contribution is 2.45. The van der Waals surface area contributed by atoms with E-state index in [-0.39, 0.29) is 40.7 Å². The van der Waals surface area contributed by atoms with Crippen LogP contribution in [0.2, 0.25) is 0 Å². The SMILES string of the molecule is CCCCCOc1c2n(ccc1=O)N([C@H]1c3ccccc3SCc3c1ccc(F)c3F)[C@@H]1COCCN1C2=O. The van der Waals surface area contributed by atoms with Crippen LogP contribution in [-0.2, 0) is 10.5 Å². The molecule has 7 nitrogen and oxygen atoms in total. The Morgan fingerprint density at radius 3 is 2.77 bits per heavy atom. The van der Waals surface area contributed by atoms with Crippen LogP contribution in [0.5, 0.6) is 5.75 Å². The molecule has 1 aromatic heterocycles. The summed E-state index contributed by atoms with van der Waals surface area (Å²) in [6.45, 7) is 3.29. The van der Waals surface area contributed by atoms with Gasteiger partial charge < -0.3 is 14.4 Å². The first-order valence-corrected chi connectivity index (χ1v) is 14.2. The molecule has 204 valence electrons. The third kappa shape index (κ3) is 4.39. The van der Waals surface area contributed by atoms with E-state index in [0.717, 1.165) is 35.8 Å². The average Bonchev–Trinajstić information content (AvgIpc) is 3.12. The van der Waals surface area contributed by atoms with Crippen LogP contribution in [-0.4, -0.2) is 48.0 Å². The molecule has 0 saturated carbocycles.